The number of hydrogen-bond acceptors (Lipinski definition) is 3. The first-order chi connectivity index (χ1) is 9.85. The van der Waals surface area contributed by atoms with Crippen molar-refractivity contribution in [1.29, 1.82) is 5.26 Å². The normalized spacial score (nSPS) is 11.0. The third kappa shape index (κ3) is 3.35. The molecule has 21 heavy (non-hydrogen) atoms. The smallest absolute Gasteiger partial charge is 0.263 e. The van der Waals surface area contributed by atoms with Gasteiger partial charge in [-0.1, -0.05) is 33.6 Å². The lowest BCUT2D eigenvalue weighted by Gasteiger charge is -2.11. The summed E-state index contributed by atoms with van der Waals surface area (Å²) in [5.74, 6) is -0.901. The summed E-state index contributed by atoms with van der Waals surface area (Å²) in [7, 11) is -4.13. The Labute approximate surface area is 134 Å². The molecule has 0 amide bonds. The number of sulfonamides is 1. The van der Waals surface area contributed by atoms with Gasteiger partial charge in [0.2, 0.25) is 0 Å². The highest BCUT2D eigenvalue weighted by atomic mass is 79.9. The fourth-order valence-electron chi connectivity index (χ4n) is 1.61. The zero-order valence-electron chi connectivity index (χ0n) is 10.3. The van der Waals surface area contributed by atoms with Crippen LogP contribution >= 0.6 is 27.5 Å². The van der Waals surface area contributed by atoms with Crippen LogP contribution in [0.3, 0.4) is 0 Å². The van der Waals surface area contributed by atoms with E-state index >= 15 is 0 Å². The molecule has 0 saturated carbocycles. The molecule has 0 aliphatic carbocycles. The fraction of sp³-hybridized carbons (Fsp3) is 0. The van der Waals surface area contributed by atoms with Gasteiger partial charge in [0.05, 0.1) is 10.7 Å². The Morgan fingerprint density at radius 1 is 1.29 bits per heavy atom. The van der Waals surface area contributed by atoms with E-state index in [1.54, 1.807) is 12.1 Å². The number of halogens is 3. The molecule has 0 bridgehead atoms. The highest BCUT2D eigenvalue weighted by Gasteiger charge is 2.22. The number of anilines is 1. The van der Waals surface area contributed by atoms with Crippen LogP contribution < -0.4 is 4.72 Å². The third-order valence-electron chi connectivity index (χ3n) is 2.55. The van der Waals surface area contributed by atoms with Crippen molar-refractivity contribution in [2.24, 2.45) is 0 Å². The molecule has 4 nitrogen and oxygen atoms in total. The van der Waals surface area contributed by atoms with E-state index in [-0.39, 0.29) is 10.7 Å². The Morgan fingerprint density at radius 2 is 2.00 bits per heavy atom. The molecule has 2 aromatic carbocycles. The van der Waals surface area contributed by atoms with Gasteiger partial charge >= 0.3 is 0 Å². The molecular weight excluding hydrogens is 383 g/mol. The molecule has 8 heteroatoms. The first kappa shape index (κ1) is 15.8. The average Bonchev–Trinajstić information content (AvgIpc) is 2.41. The van der Waals surface area contributed by atoms with Crippen LogP contribution in [-0.4, -0.2) is 8.42 Å². The summed E-state index contributed by atoms with van der Waals surface area (Å²) >= 11 is 9.13. The SMILES string of the molecule is N#Cc1c(F)cccc1S(=O)(=O)Nc1ccc(Br)cc1Cl. The summed E-state index contributed by atoms with van der Waals surface area (Å²) in [5, 5.41) is 9.07. The molecule has 1 N–H and O–H groups in total. The monoisotopic (exact) mass is 388 g/mol. The van der Waals surface area contributed by atoms with Gasteiger partial charge in [0.1, 0.15) is 22.3 Å². The molecule has 0 atom stereocenters. The highest BCUT2D eigenvalue weighted by Crippen LogP contribution is 2.28. The van der Waals surface area contributed by atoms with Crippen LogP contribution in [0, 0.1) is 17.1 Å². The van der Waals surface area contributed by atoms with Gasteiger partial charge in [-0.05, 0) is 30.3 Å². The molecule has 0 saturated heterocycles. The summed E-state index contributed by atoms with van der Waals surface area (Å²) in [6.45, 7) is 0. The predicted molar refractivity (Wildman–Crippen MR) is 81.1 cm³/mol. The molecule has 0 heterocycles. The van der Waals surface area contributed by atoms with E-state index in [1.165, 1.54) is 18.2 Å². The average molecular weight is 390 g/mol. The molecule has 0 aliphatic heterocycles. The van der Waals surface area contributed by atoms with Gasteiger partial charge in [0.25, 0.3) is 10.0 Å². The van der Waals surface area contributed by atoms with Gasteiger partial charge in [-0.15, -0.1) is 0 Å². The van der Waals surface area contributed by atoms with Gasteiger partial charge in [-0.2, -0.15) is 5.26 Å². The summed E-state index contributed by atoms with van der Waals surface area (Å²) in [6, 6.07) is 9.49. The van der Waals surface area contributed by atoms with Crippen LogP contribution in [0.2, 0.25) is 5.02 Å². The van der Waals surface area contributed by atoms with Crippen LogP contribution in [0.25, 0.3) is 0 Å². The molecule has 108 valence electrons. The molecule has 2 aromatic rings. The van der Waals surface area contributed by atoms with Crippen molar-refractivity contribution in [3.05, 3.63) is 57.3 Å². The van der Waals surface area contributed by atoms with Crippen molar-refractivity contribution in [2.45, 2.75) is 4.90 Å². The maximum absolute atomic E-state index is 13.5. The van der Waals surface area contributed by atoms with Gasteiger partial charge in [-0.3, -0.25) is 4.72 Å². The van der Waals surface area contributed by atoms with Crippen LogP contribution in [0.5, 0.6) is 0 Å². The lowest BCUT2D eigenvalue weighted by atomic mass is 10.2. The summed E-state index contributed by atoms with van der Waals surface area (Å²) in [6.07, 6.45) is 0. The van der Waals surface area contributed by atoms with Crippen molar-refractivity contribution in [2.75, 3.05) is 4.72 Å². The van der Waals surface area contributed by atoms with Crippen molar-refractivity contribution >= 4 is 43.2 Å². The topological polar surface area (TPSA) is 70.0 Å². The minimum absolute atomic E-state index is 0.132. The molecule has 2 rings (SSSR count). The predicted octanol–water partition coefficient (Wildman–Crippen LogP) is 3.91. The maximum atomic E-state index is 13.5. The Kier molecular flexibility index (Phi) is 4.52. The Morgan fingerprint density at radius 3 is 2.62 bits per heavy atom. The van der Waals surface area contributed by atoms with Crippen LogP contribution in [-0.2, 0) is 10.0 Å². The first-order valence-corrected chi connectivity index (χ1v) is 8.17. The van der Waals surface area contributed by atoms with E-state index in [0.717, 1.165) is 12.1 Å². The van der Waals surface area contributed by atoms with E-state index in [0.29, 0.717) is 4.47 Å². The number of nitrogens with zero attached hydrogens (tertiary/aromatic N) is 1. The number of benzene rings is 2. The fourth-order valence-corrected chi connectivity index (χ4v) is 3.63. The van der Waals surface area contributed by atoms with Crippen molar-refractivity contribution in [3.63, 3.8) is 0 Å². The minimum Gasteiger partial charge on any atom is -0.278 e. The standard InChI is InChI=1S/C13H7BrClFN2O2S/c14-8-4-5-12(10(15)6-8)18-21(19,20)13-3-1-2-11(16)9(13)7-17/h1-6,18H. The second-order valence-electron chi connectivity index (χ2n) is 3.95. The summed E-state index contributed by atoms with van der Waals surface area (Å²) in [5.41, 5.74) is -0.411. The first-order valence-electron chi connectivity index (χ1n) is 5.51. The summed E-state index contributed by atoms with van der Waals surface area (Å²) in [4.78, 5) is -0.441. The van der Waals surface area contributed by atoms with Crippen molar-refractivity contribution in [3.8, 4) is 6.07 Å². The Bertz CT molecular complexity index is 850. The molecule has 0 aliphatic rings. The zero-order valence-corrected chi connectivity index (χ0v) is 13.4. The second kappa shape index (κ2) is 6.02. The molecule has 0 spiro atoms. The lowest BCUT2D eigenvalue weighted by molar-refractivity contribution is 0.593. The van der Waals surface area contributed by atoms with E-state index < -0.39 is 26.3 Å². The zero-order chi connectivity index (χ0) is 15.6. The van der Waals surface area contributed by atoms with Crippen LogP contribution in [0.15, 0.2) is 45.8 Å². The molecule has 0 aromatic heterocycles. The molecular formula is C13H7BrClFN2O2S. The number of hydrogen-bond donors (Lipinski definition) is 1. The van der Waals surface area contributed by atoms with E-state index in [2.05, 4.69) is 20.7 Å². The van der Waals surface area contributed by atoms with Gasteiger partial charge in [-0.25, -0.2) is 12.8 Å². The third-order valence-corrected chi connectivity index (χ3v) is 4.77. The van der Waals surface area contributed by atoms with Crippen LogP contribution in [0.1, 0.15) is 5.56 Å². The number of nitriles is 1. The largest absolute Gasteiger partial charge is 0.278 e. The van der Waals surface area contributed by atoms with E-state index in [1.807, 2.05) is 0 Å². The van der Waals surface area contributed by atoms with Gasteiger partial charge in [0, 0.05) is 4.47 Å². The molecule has 0 unspecified atom stereocenters. The quantitative estimate of drug-likeness (QED) is 0.865. The maximum Gasteiger partial charge on any atom is 0.263 e. The molecule has 0 fully saturated rings. The minimum atomic E-state index is -4.13. The van der Waals surface area contributed by atoms with Gasteiger partial charge < -0.3 is 0 Å². The Hall–Kier alpha value is -1.62. The highest BCUT2D eigenvalue weighted by molar-refractivity contribution is 9.10. The van der Waals surface area contributed by atoms with Crippen molar-refractivity contribution in [1.82, 2.24) is 0 Å². The number of nitrogens with one attached hydrogen (secondary N) is 1. The second-order valence-corrected chi connectivity index (χ2v) is 6.93. The van der Waals surface area contributed by atoms with Crippen molar-refractivity contribution < 1.29 is 12.8 Å². The van der Waals surface area contributed by atoms with E-state index in [4.69, 9.17) is 16.9 Å². The molecule has 0 radical (unpaired) electrons. The summed E-state index contributed by atoms with van der Waals surface area (Å²) < 4.78 is 41.0. The van der Waals surface area contributed by atoms with E-state index in [9.17, 15) is 12.8 Å². The van der Waals surface area contributed by atoms with Crippen LogP contribution in [0.4, 0.5) is 10.1 Å². The van der Waals surface area contributed by atoms with Gasteiger partial charge in [0.15, 0.2) is 0 Å². The Balaban J connectivity index is 2.49. The number of rotatable bonds is 3. The lowest BCUT2D eigenvalue weighted by Crippen LogP contribution is -2.15.